The second-order valence-corrected chi connectivity index (χ2v) is 5.49. The molecule has 6 nitrogen and oxygen atoms in total. The van der Waals surface area contributed by atoms with E-state index in [-0.39, 0.29) is 17.3 Å². The molecule has 0 bridgehead atoms. The Morgan fingerprint density at radius 3 is 2.41 bits per heavy atom. The lowest BCUT2D eigenvalue weighted by Crippen LogP contribution is -2.42. The van der Waals surface area contributed by atoms with Crippen molar-refractivity contribution in [1.29, 1.82) is 0 Å². The molecular weight excluding hydrogens is 280 g/mol. The second kappa shape index (κ2) is 7.26. The van der Waals surface area contributed by atoms with E-state index < -0.39 is 0 Å². The van der Waals surface area contributed by atoms with Crippen LogP contribution in [0.1, 0.15) is 39.5 Å². The van der Waals surface area contributed by atoms with Gasteiger partial charge in [0.05, 0.1) is 16.9 Å². The van der Waals surface area contributed by atoms with Crippen molar-refractivity contribution >= 4 is 16.5 Å². The Bertz CT molecular complexity index is 735. The Labute approximate surface area is 129 Å². The molecule has 1 aromatic carbocycles. The fraction of sp³-hybridized carbons (Fsp3) is 0.500. The number of unbranched alkanes of at least 4 members (excludes halogenated alkanes) is 2. The zero-order valence-corrected chi connectivity index (χ0v) is 13.2. The van der Waals surface area contributed by atoms with E-state index in [9.17, 15) is 9.59 Å². The molecule has 1 heterocycles. The number of fused-ring (bicyclic) bond motifs is 1. The number of aromatic nitrogens is 2. The van der Waals surface area contributed by atoms with Crippen molar-refractivity contribution in [3.8, 4) is 0 Å². The smallest absolute Gasteiger partial charge is 0.270 e. The monoisotopic (exact) mass is 304 g/mol. The third kappa shape index (κ3) is 3.39. The third-order valence-corrected chi connectivity index (χ3v) is 3.96. The van der Waals surface area contributed by atoms with Crippen molar-refractivity contribution in [3.05, 3.63) is 38.9 Å². The fourth-order valence-corrected chi connectivity index (χ4v) is 2.71. The molecule has 0 amide bonds. The Balaban J connectivity index is 2.33. The first-order valence-electron chi connectivity index (χ1n) is 7.85. The standard InChI is InChI=1S/C16H24N4O2/c1-3-5-6-7-14(17)20(4-2)11-8-9-12-13(10-11)16(22)19-18-15(12)21/h8-10,14H,3-7,17H2,1-2H3,(H,18,21)(H,19,22). The molecule has 22 heavy (non-hydrogen) atoms. The van der Waals surface area contributed by atoms with Crippen molar-refractivity contribution in [1.82, 2.24) is 10.2 Å². The van der Waals surface area contributed by atoms with Crippen molar-refractivity contribution in [2.45, 2.75) is 45.7 Å². The molecule has 0 aliphatic heterocycles. The normalized spacial score (nSPS) is 12.5. The molecule has 2 rings (SSSR count). The first-order chi connectivity index (χ1) is 10.6. The van der Waals surface area contributed by atoms with Crippen molar-refractivity contribution in [3.63, 3.8) is 0 Å². The summed E-state index contributed by atoms with van der Waals surface area (Å²) in [5.41, 5.74) is 6.56. The number of benzene rings is 1. The highest BCUT2D eigenvalue weighted by atomic mass is 16.1. The van der Waals surface area contributed by atoms with Crippen LogP contribution in [0.5, 0.6) is 0 Å². The molecule has 1 atom stereocenters. The van der Waals surface area contributed by atoms with Crippen LogP contribution < -0.4 is 21.8 Å². The molecule has 0 spiro atoms. The van der Waals surface area contributed by atoms with Crippen LogP contribution >= 0.6 is 0 Å². The van der Waals surface area contributed by atoms with Gasteiger partial charge in [0, 0.05) is 12.2 Å². The van der Waals surface area contributed by atoms with E-state index in [0.717, 1.165) is 37.9 Å². The van der Waals surface area contributed by atoms with Gasteiger partial charge in [0.15, 0.2) is 0 Å². The minimum absolute atomic E-state index is 0.0879. The number of anilines is 1. The number of hydrogen-bond donors (Lipinski definition) is 3. The summed E-state index contributed by atoms with van der Waals surface area (Å²) in [5, 5.41) is 5.47. The first kappa shape index (κ1) is 16.3. The minimum atomic E-state index is -0.299. The summed E-state index contributed by atoms with van der Waals surface area (Å²) >= 11 is 0. The number of nitrogens with two attached hydrogens (primary N) is 1. The molecule has 0 aliphatic carbocycles. The van der Waals surface area contributed by atoms with E-state index in [1.165, 1.54) is 0 Å². The lowest BCUT2D eigenvalue weighted by Gasteiger charge is -2.30. The first-order valence-corrected chi connectivity index (χ1v) is 7.85. The molecular formula is C16H24N4O2. The van der Waals surface area contributed by atoms with Gasteiger partial charge in [-0.1, -0.05) is 26.2 Å². The largest absolute Gasteiger partial charge is 0.356 e. The zero-order chi connectivity index (χ0) is 16.1. The van der Waals surface area contributed by atoms with Gasteiger partial charge in [-0.15, -0.1) is 0 Å². The maximum absolute atomic E-state index is 11.9. The Morgan fingerprint density at radius 2 is 1.77 bits per heavy atom. The topological polar surface area (TPSA) is 95.0 Å². The molecule has 1 aromatic heterocycles. The van der Waals surface area contributed by atoms with Crippen molar-refractivity contribution in [2.24, 2.45) is 5.73 Å². The number of aromatic amines is 2. The lowest BCUT2D eigenvalue weighted by atomic mass is 10.1. The highest BCUT2D eigenvalue weighted by Gasteiger charge is 2.14. The van der Waals surface area contributed by atoms with E-state index in [0.29, 0.717) is 10.8 Å². The number of rotatable bonds is 7. The maximum atomic E-state index is 11.9. The summed E-state index contributed by atoms with van der Waals surface area (Å²) in [6.07, 6.45) is 4.23. The summed E-state index contributed by atoms with van der Waals surface area (Å²) in [6.45, 7) is 4.95. The molecule has 0 aliphatic rings. The zero-order valence-electron chi connectivity index (χ0n) is 13.2. The van der Waals surface area contributed by atoms with E-state index in [1.807, 2.05) is 13.0 Å². The number of hydrogen-bond acceptors (Lipinski definition) is 4. The second-order valence-electron chi connectivity index (χ2n) is 5.49. The van der Waals surface area contributed by atoms with Gasteiger partial charge < -0.3 is 10.6 Å². The van der Waals surface area contributed by atoms with E-state index in [2.05, 4.69) is 22.0 Å². The van der Waals surface area contributed by atoms with Gasteiger partial charge >= 0.3 is 0 Å². The summed E-state index contributed by atoms with van der Waals surface area (Å²) in [7, 11) is 0. The summed E-state index contributed by atoms with van der Waals surface area (Å²) in [5.74, 6) is 0. The third-order valence-electron chi connectivity index (χ3n) is 3.96. The van der Waals surface area contributed by atoms with Crippen molar-refractivity contribution in [2.75, 3.05) is 11.4 Å². The average Bonchev–Trinajstić information content (AvgIpc) is 2.52. The van der Waals surface area contributed by atoms with Crippen LogP contribution in [0.2, 0.25) is 0 Å². The summed E-state index contributed by atoms with van der Waals surface area (Å²) in [6, 6.07) is 5.27. The van der Waals surface area contributed by atoms with Gasteiger partial charge in [0.1, 0.15) is 0 Å². The van der Waals surface area contributed by atoms with Crippen molar-refractivity contribution < 1.29 is 0 Å². The molecule has 120 valence electrons. The molecule has 1 unspecified atom stereocenters. The molecule has 0 saturated heterocycles. The van der Waals surface area contributed by atoms with E-state index in [4.69, 9.17) is 5.73 Å². The fourth-order valence-electron chi connectivity index (χ4n) is 2.71. The predicted octanol–water partition coefficient (Wildman–Crippen LogP) is 1.91. The highest BCUT2D eigenvalue weighted by Crippen LogP contribution is 2.20. The van der Waals surface area contributed by atoms with E-state index in [1.54, 1.807) is 12.1 Å². The van der Waals surface area contributed by atoms with E-state index >= 15 is 0 Å². The lowest BCUT2D eigenvalue weighted by molar-refractivity contribution is 0.536. The Hall–Kier alpha value is -2.08. The molecule has 0 saturated carbocycles. The van der Waals surface area contributed by atoms with Gasteiger partial charge in [-0.3, -0.25) is 19.8 Å². The Morgan fingerprint density at radius 1 is 1.09 bits per heavy atom. The highest BCUT2D eigenvalue weighted by molar-refractivity contribution is 5.84. The van der Waals surface area contributed by atoms with Gasteiger partial charge in [-0.25, -0.2) is 0 Å². The van der Waals surface area contributed by atoms with Crippen LogP contribution in [-0.4, -0.2) is 22.9 Å². The van der Waals surface area contributed by atoms with Crippen LogP contribution in [-0.2, 0) is 0 Å². The summed E-state index contributed by atoms with van der Waals surface area (Å²) in [4.78, 5) is 25.7. The van der Waals surface area contributed by atoms with Gasteiger partial charge in [-0.2, -0.15) is 0 Å². The number of nitrogens with zero attached hydrogens (tertiary/aromatic N) is 1. The molecule has 0 fully saturated rings. The SMILES string of the molecule is CCCCCC(N)N(CC)c1ccc2c(=O)[nH][nH]c(=O)c2c1. The van der Waals surface area contributed by atoms with Gasteiger partial charge in [0.2, 0.25) is 0 Å². The molecule has 6 heteroatoms. The van der Waals surface area contributed by atoms with Crippen LogP contribution in [0.15, 0.2) is 27.8 Å². The number of nitrogens with one attached hydrogen (secondary N) is 2. The van der Waals surface area contributed by atoms with Crippen LogP contribution in [0, 0.1) is 0 Å². The van der Waals surface area contributed by atoms with Crippen LogP contribution in [0.3, 0.4) is 0 Å². The Kier molecular flexibility index (Phi) is 5.38. The quantitative estimate of drug-likeness (QED) is 0.538. The minimum Gasteiger partial charge on any atom is -0.356 e. The number of H-pyrrole nitrogens is 2. The predicted molar refractivity (Wildman–Crippen MR) is 90.3 cm³/mol. The average molecular weight is 304 g/mol. The van der Waals surface area contributed by atoms with Gasteiger partial charge in [-0.05, 0) is 31.5 Å². The molecule has 4 N–H and O–H groups in total. The molecule has 0 radical (unpaired) electrons. The van der Waals surface area contributed by atoms with Crippen LogP contribution in [0.25, 0.3) is 10.8 Å². The van der Waals surface area contributed by atoms with Gasteiger partial charge in [0.25, 0.3) is 11.1 Å². The van der Waals surface area contributed by atoms with Crippen LogP contribution in [0.4, 0.5) is 5.69 Å². The molecule has 2 aromatic rings. The maximum Gasteiger partial charge on any atom is 0.270 e. The summed E-state index contributed by atoms with van der Waals surface area (Å²) < 4.78 is 0.